The highest BCUT2D eigenvalue weighted by molar-refractivity contribution is 6.54. The summed E-state index contributed by atoms with van der Waals surface area (Å²) in [7, 11) is -6.82. The Bertz CT molecular complexity index is 218. The van der Waals surface area contributed by atoms with Crippen molar-refractivity contribution in [3.8, 4) is 0 Å². The average Bonchev–Trinajstić information content (AvgIpc) is 2.22. The van der Waals surface area contributed by atoms with Crippen LogP contribution in [-0.4, -0.2) is 31.3 Å². The Morgan fingerprint density at radius 1 is 0.765 bits per heavy atom. The Hall–Kier alpha value is -0.00623. The first-order chi connectivity index (χ1) is 8.24. The Kier molecular flexibility index (Phi) is 4.55. The summed E-state index contributed by atoms with van der Waals surface area (Å²) in [5.41, 5.74) is 0. The topological polar surface area (TPSA) is 102 Å². The minimum absolute atomic E-state index is 0.267. The lowest BCUT2D eigenvalue weighted by Crippen LogP contribution is -2.60. The van der Waals surface area contributed by atoms with Crippen LogP contribution in [0.2, 0.25) is 0 Å². The standard InChI is InChI=1S/C4H10O11Si2/c1-3-5-16(10-7-11-16)14-9-15-17(6-4-2)12-8-13-17/h3-4H2,1-2H3. The second kappa shape index (κ2) is 5.76. The maximum atomic E-state index is 5.00. The van der Waals surface area contributed by atoms with Crippen molar-refractivity contribution in [1.29, 1.82) is 0 Å². The van der Waals surface area contributed by atoms with Gasteiger partial charge in [0.05, 0.1) is 0 Å². The van der Waals surface area contributed by atoms with E-state index in [0.29, 0.717) is 0 Å². The van der Waals surface area contributed by atoms with Crippen molar-refractivity contribution in [1.82, 2.24) is 0 Å². The van der Waals surface area contributed by atoms with Crippen LogP contribution in [0.25, 0.3) is 0 Å². The molecule has 2 heterocycles. The van der Waals surface area contributed by atoms with Crippen molar-refractivity contribution in [2.45, 2.75) is 13.8 Å². The Morgan fingerprint density at radius 2 is 1.18 bits per heavy atom. The summed E-state index contributed by atoms with van der Waals surface area (Å²) in [6.07, 6.45) is 0. The summed E-state index contributed by atoms with van der Waals surface area (Å²) in [6.45, 7) is 3.94. The monoisotopic (exact) mass is 290 g/mol. The molecule has 0 saturated carbocycles. The molecule has 100 valence electrons. The van der Waals surface area contributed by atoms with Crippen LogP contribution in [0, 0.1) is 0 Å². The van der Waals surface area contributed by atoms with Crippen molar-refractivity contribution < 1.29 is 51.4 Å². The summed E-state index contributed by atoms with van der Waals surface area (Å²) >= 11 is 0. The van der Waals surface area contributed by atoms with Gasteiger partial charge in [-0.25, -0.2) is 0 Å². The zero-order valence-electron chi connectivity index (χ0n) is 8.90. The molecular formula is C4H10O11Si2. The predicted octanol–water partition coefficient (Wildman–Crippen LogP) is -0.403. The molecule has 0 bridgehead atoms. The molecule has 2 aliphatic heterocycles. The van der Waals surface area contributed by atoms with Crippen LogP contribution >= 0.6 is 0 Å². The van der Waals surface area contributed by atoms with Gasteiger partial charge in [0.1, 0.15) is 0 Å². The number of hydrogen-bond donors (Lipinski definition) is 0. The minimum Gasteiger partial charge on any atom is -0.347 e. The van der Waals surface area contributed by atoms with Gasteiger partial charge in [0.2, 0.25) is 0 Å². The highest BCUT2D eigenvalue weighted by atomic mass is 28.4. The Morgan fingerprint density at radius 3 is 1.41 bits per heavy atom. The van der Waals surface area contributed by atoms with E-state index in [9.17, 15) is 0 Å². The van der Waals surface area contributed by atoms with E-state index < -0.39 is 18.1 Å². The van der Waals surface area contributed by atoms with Crippen LogP contribution < -0.4 is 0 Å². The summed E-state index contributed by atoms with van der Waals surface area (Å²) in [4.78, 5) is 0. The third kappa shape index (κ3) is 3.06. The van der Waals surface area contributed by atoms with Gasteiger partial charge in [-0.1, -0.05) is 15.1 Å². The predicted molar refractivity (Wildman–Crippen MR) is 44.5 cm³/mol. The van der Waals surface area contributed by atoms with Gasteiger partial charge in [0.15, 0.2) is 0 Å². The Balaban J connectivity index is 1.71. The molecule has 0 radical (unpaired) electrons. The van der Waals surface area contributed by atoms with Gasteiger partial charge in [0.25, 0.3) is 0 Å². The molecule has 11 nitrogen and oxygen atoms in total. The van der Waals surface area contributed by atoms with E-state index in [1.54, 1.807) is 13.8 Å². The second-order valence-electron chi connectivity index (χ2n) is 2.57. The minimum atomic E-state index is -3.41. The largest absolute Gasteiger partial charge is 0.771 e. The zero-order valence-corrected chi connectivity index (χ0v) is 10.9. The fraction of sp³-hybridized carbons (Fsp3) is 1.00. The summed E-state index contributed by atoms with van der Waals surface area (Å²) in [6, 6.07) is 0. The molecule has 0 aromatic rings. The molecule has 17 heavy (non-hydrogen) atoms. The first kappa shape index (κ1) is 13.4. The molecule has 0 aliphatic carbocycles. The van der Waals surface area contributed by atoms with E-state index in [1.165, 1.54) is 0 Å². The molecule has 2 saturated heterocycles. The SMILES string of the molecule is CCO[Si]1(OOO[Si]2(OCC)OOO2)OOO1. The van der Waals surface area contributed by atoms with Crippen LogP contribution in [0.4, 0.5) is 0 Å². The normalized spacial score (nSPS) is 25.1. The first-order valence-corrected chi connectivity index (χ1v) is 7.89. The van der Waals surface area contributed by atoms with Crippen LogP contribution in [0.1, 0.15) is 13.8 Å². The second-order valence-corrected chi connectivity index (χ2v) is 6.15. The van der Waals surface area contributed by atoms with Gasteiger partial charge in [-0.05, 0) is 13.8 Å². The Labute approximate surface area is 97.4 Å². The van der Waals surface area contributed by atoms with E-state index in [-0.39, 0.29) is 13.2 Å². The maximum absolute atomic E-state index is 5.00. The lowest BCUT2D eigenvalue weighted by atomic mass is 10.9. The van der Waals surface area contributed by atoms with Crippen molar-refractivity contribution in [2.75, 3.05) is 13.2 Å². The molecule has 2 rings (SSSR count). The molecule has 0 amide bonds. The fourth-order valence-electron chi connectivity index (χ4n) is 0.833. The van der Waals surface area contributed by atoms with E-state index in [1.807, 2.05) is 0 Å². The van der Waals surface area contributed by atoms with Crippen molar-refractivity contribution in [2.24, 2.45) is 0 Å². The van der Waals surface area contributed by atoms with Gasteiger partial charge >= 0.3 is 18.1 Å². The number of rotatable bonds is 8. The maximum Gasteiger partial charge on any atom is 0.771 e. The van der Waals surface area contributed by atoms with Gasteiger partial charge in [0, 0.05) is 13.2 Å². The number of hydrogen-bond acceptors (Lipinski definition) is 11. The lowest BCUT2D eigenvalue weighted by molar-refractivity contribution is -0.618. The average molecular weight is 290 g/mol. The van der Waals surface area contributed by atoms with E-state index in [0.717, 1.165) is 0 Å². The van der Waals surface area contributed by atoms with Gasteiger partial charge in [-0.3, -0.25) is 0 Å². The highest BCUT2D eigenvalue weighted by Gasteiger charge is 2.64. The third-order valence-corrected chi connectivity index (χ3v) is 4.38. The lowest BCUT2D eigenvalue weighted by Gasteiger charge is -2.31. The van der Waals surface area contributed by atoms with Crippen LogP contribution in [0.15, 0.2) is 0 Å². The molecule has 0 N–H and O–H groups in total. The van der Waals surface area contributed by atoms with E-state index in [2.05, 4.69) is 42.6 Å². The summed E-state index contributed by atoms with van der Waals surface area (Å²) < 4.78 is 37.3. The van der Waals surface area contributed by atoms with Gasteiger partial charge in [-0.2, -0.15) is 27.5 Å². The van der Waals surface area contributed by atoms with Gasteiger partial charge < -0.3 is 8.85 Å². The summed E-state index contributed by atoms with van der Waals surface area (Å²) in [5, 5.41) is 12.4. The fourth-order valence-corrected chi connectivity index (χ4v) is 2.60. The van der Waals surface area contributed by atoms with E-state index >= 15 is 0 Å². The molecule has 0 unspecified atom stereocenters. The van der Waals surface area contributed by atoms with Crippen molar-refractivity contribution in [3.05, 3.63) is 0 Å². The molecular weight excluding hydrogens is 280 g/mol. The molecule has 0 aromatic carbocycles. The molecule has 2 aliphatic rings. The highest BCUT2D eigenvalue weighted by Crippen LogP contribution is 2.26. The molecule has 0 spiro atoms. The molecule has 0 aromatic heterocycles. The smallest absolute Gasteiger partial charge is 0.347 e. The van der Waals surface area contributed by atoms with Crippen LogP contribution in [0.3, 0.4) is 0 Å². The molecule has 2 fully saturated rings. The molecule has 0 atom stereocenters. The molecule has 13 heteroatoms. The van der Waals surface area contributed by atoms with E-state index in [4.69, 9.17) is 8.85 Å². The third-order valence-electron chi connectivity index (χ3n) is 1.46. The first-order valence-electron chi connectivity index (χ1n) is 4.62. The quantitative estimate of drug-likeness (QED) is 0.331. The van der Waals surface area contributed by atoms with Crippen LogP contribution in [0.5, 0.6) is 0 Å². The van der Waals surface area contributed by atoms with Crippen LogP contribution in [-0.2, 0) is 51.4 Å². The zero-order chi connectivity index (χ0) is 12.2. The van der Waals surface area contributed by atoms with Crippen molar-refractivity contribution in [3.63, 3.8) is 0 Å². The van der Waals surface area contributed by atoms with Gasteiger partial charge in [-0.15, -0.1) is 0 Å². The summed E-state index contributed by atoms with van der Waals surface area (Å²) in [5.74, 6) is 0. The van der Waals surface area contributed by atoms with Crippen molar-refractivity contribution >= 4 is 18.1 Å².